The molecule has 9 heteroatoms. The highest BCUT2D eigenvalue weighted by atomic mass is 32.2. The summed E-state index contributed by atoms with van der Waals surface area (Å²) in [5.74, 6) is 0.485. The van der Waals surface area contributed by atoms with E-state index in [-0.39, 0.29) is 23.5 Å². The predicted molar refractivity (Wildman–Crippen MR) is 177 cm³/mol. The zero-order chi connectivity index (χ0) is 32.0. The summed E-state index contributed by atoms with van der Waals surface area (Å²) in [4.78, 5) is 14.6. The van der Waals surface area contributed by atoms with Crippen LogP contribution in [0.1, 0.15) is 47.7 Å². The van der Waals surface area contributed by atoms with Crippen molar-refractivity contribution in [1.29, 1.82) is 0 Å². The quantitative estimate of drug-likeness (QED) is 0.123. The van der Waals surface area contributed by atoms with Gasteiger partial charge in [0.05, 0.1) is 36.3 Å². The highest BCUT2D eigenvalue weighted by Crippen LogP contribution is 2.47. The van der Waals surface area contributed by atoms with Crippen molar-refractivity contribution in [3.05, 3.63) is 131 Å². The van der Waals surface area contributed by atoms with Gasteiger partial charge in [0.15, 0.2) is 11.5 Å². The summed E-state index contributed by atoms with van der Waals surface area (Å²) >= 11 is 1.59. The van der Waals surface area contributed by atoms with Crippen LogP contribution in [0.15, 0.2) is 119 Å². The molecule has 0 spiro atoms. The molecule has 2 atom stereocenters. The first-order valence-electron chi connectivity index (χ1n) is 14.7. The second-order valence-corrected chi connectivity index (χ2v) is 13.4. The fourth-order valence-corrected chi connectivity index (χ4v) is 7.65. The van der Waals surface area contributed by atoms with E-state index in [0.29, 0.717) is 29.2 Å². The number of carbonyl (C=O) groups is 1. The van der Waals surface area contributed by atoms with Gasteiger partial charge in [-0.05, 0) is 79.6 Å². The van der Waals surface area contributed by atoms with E-state index < -0.39 is 28.1 Å². The minimum absolute atomic E-state index is 0.142. The third-order valence-corrected chi connectivity index (χ3v) is 10.4. The van der Waals surface area contributed by atoms with Crippen molar-refractivity contribution < 1.29 is 27.4 Å². The molecule has 0 N–H and O–H groups in total. The summed E-state index contributed by atoms with van der Waals surface area (Å²) in [7, 11) is -2.58. The van der Waals surface area contributed by atoms with Crippen molar-refractivity contribution in [1.82, 2.24) is 4.31 Å². The van der Waals surface area contributed by atoms with Gasteiger partial charge in [-0.15, -0.1) is 11.8 Å². The standard InChI is InChI=1S/C36H37NO6S2/c1-5-42-36(38)31-20-21-32(28-15-22-33(34(23-28)41-3)43-24-26-9-7-6-8-10-26)37(35(31)27-13-16-29(44-4)17-14-27)45(39,40)30-18-11-25(2)12-19-30/h6-20,22-23,32,35H,5,21,24H2,1-4H3/t32-,35-/m0/s1. The number of benzene rings is 4. The van der Waals surface area contributed by atoms with Gasteiger partial charge in [0.25, 0.3) is 0 Å². The first-order chi connectivity index (χ1) is 21.8. The summed E-state index contributed by atoms with van der Waals surface area (Å²) in [5, 5.41) is 0. The van der Waals surface area contributed by atoms with Crippen LogP contribution in [0.5, 0.6) is 11.5 Å². The normalized spacial score (nSPS) is 16.9. The molecular formula is C36H37NO6S2. The number of thioether (sulfide) groups is 1. The minimum atomic E-state index is -4.14. The van der Waals surface area contributed by atoms with Crippen molar-refractivity contribution in [2.24, 2.45) is 0 Å². The number of aryl methyl sites for hydroxylation is 1. The molecule has 0 radical (unpaired) electrons. The molecule has 45 heavy (non-hydrogen) atoms. The first kappa shape index (κ1) is 32.3. The molecule has 0 unspecified atom stereocenters. The number of rotatable bonds is 11. The molecule has 0 bridgehead atoms. The van der Waals surface area contributed by atoms with Crippen LogP contribution in [0.4, 0.5) is 0 Å². The summed E-state index contributed by atoms with van der Waals surface area (Å²) < 4.78 is 48.1. The van der Waals surface area contributed by atoms with E-state index in [1.807, 2.05) is 86.0 Å². The van der Waals surface area contributed by atoms with Gasteiger partial charge >= 0.3 is 5.97 Å². The van der Waals surface area contributed by atoms with E-state index in [4.69, 9.17) is 14.2 Å². The van der Waals surface area contributed by atoms with Crippen LogP contribution in [0.2, 0.25) is 0 Å². The SMILES string of the molecule is CCOC(=O)C1=CC[C@@H](c2ccc(OCc3ccccc3)c(OC)c2)N(S(=O)(=O)c2ccc(C)cc2)[C@H]1c1ccc(SC)cc1. The molecule has 234 valence electrons. The summed E-state index contributed by atoms with van der Waals surface area (Å²) in [6.07, 6.45) is 4.04. The van der Waals surface area contributed by atoms with E-state index in [1.54, 1.807) is 56.1 Å². The molecule has 1 aliphatic rings. The van der Waals surface area contributed by atoms with Gasteiger partial charge in [-0.3, -0.25) is 0 Å². The van der Waals surface area contributed by atoms with Gasteiger partial charge in [0, 0.05) is 4.90 Å². The number of methoxy groups -OCH3 is 1. The molecule has 0 saturated heterocycles. The predicted octanol–water partition coefficient (Wildman–Crippen LogP) is 7.67. The molecule has 5 rings (SSSR count). The molecule has 0 amide bonds. The van der Waals surface area contributed by atoms with E-state index >= 15 is 0 Å². The largest absolute Gasteiger partial charge is 0.493 e. The van der Waals surface area contributed by atoms with Gasteiger partial charge in [-0.25, -0.2) is 13.2 Å². The van der Waals surface area contributed by atoms with Crippen LogP contribution >= 0.6 is 11.8 Å². The molecular weight excluding hydrogens is 607 g/mol. The topological polar surface area (TPSA) is 82.1 Å². The zero-order valence-electron chi connectivity index (χ0n) is 25.8. The fourth-order valence-electron chi connectivity index (χ4n) is 5.46. The Labute approximate surface area is 269 Å². The van der Waals surface area contributed by atoms with Crippen LogP contribution in [0, 0.1) is 6.92 Å². The molecule has 0 saturated carbocycles. The second-order valence-electron chi connectivity index (χ2n) is 10.6. The Morgan fingerprint density at radius 1 is 0.911 bits per heavy atom. The van der Waals surface area contributed by atoms with E-state index in [9.17, 15) is 13.2 Å². The number of esters is 1. The van der Waals surface area contributed by atoms with Gasteiger partial charge in [0.1, 0.15) is 6.61 Å². The molecule has 1 aliphatic heterocycles. The van der Waals surface area contributed by atoms with Gasteiger partial charge in [-0.2, -0.15) is 4.31 Å². The average Bonchev–Trinajstić information content (AvgIpc) is 3.07. The van der Waals surface area contributed by atoms with Crippen molar-refractivity contribution in [3.63, 3.8) is 0 Å². The number of sulfonamides is 1. The van der Waals surface area contributed by atoms with Crippen LogP contribution in [0.25, 0.3) is 0 Å². The number of hydrogen-bond acceptors (Lipinski definition) is 7. The van der Waals surface area contributed by atoms with Crippen molar-refractivity contribution in [3.8, 4) is 11.5 Å². The highest BCUT2D eigenvalue weighted by Gasteiger charge is 2.45. The lowest BCUT2D eigenvalue weighted by atomic mass is 9.89. The maximum Gasteiger partial charge on any atom is 0.335 e. The summed E-state index contributed by atoms with van der Waals surface area (Å²) in [6, 6.07) is 28.1. The maximum absolute atomic E-state index is 14.7. The van der Waals surface area contributed by atoms with Gasteiger partial charge < -0.3 is 14.2 Å². The Hall–Kier alpha value is -4.05. The molecule has 0 aliphatic carbocycles. The summed E-state index contributed by atoms with van der Waals surface area (Å²) in [5.41, 5.74) is 3.62. The van der Waals surface area contributed by atoms with E-state index in [0.717, 1.165) is 16.0 Å². The molecule has 0 fully saturated rings. The maximum atomic E-state index is 14.7. The fraction of sp³-hybridized carbons (Fsp3) is 0.250. The Morgan fingerprint density at radius 3 is 2.24 bits per heavy atom. The molecule has 4 aromatic carbocycles. The first-order valence-corrected chi connectivity index (χ1v) is 17.4. The molecule has 4 aromatic rings. The van der Waals surface area contributed by atoms with Crippen molar-refractivity contribution in [2.75, 3.05) is 20.0 Å². The molecule has 7 nitrogen and oxygen atoms in total. The average molecular weight is 644 g/mol. The van der Waals surface area contributed by atoms with Gasteiger partial charge in [0.2, 0.25) is 10.0 Å². The monoisotopic (exact) mass is 643 g/mol. The van der Waals surface area contributed by atoms with Crippen molar-refractivity contribution in [2.45, 2.75) is 48.7 Å². The summed E-state index contributed by atoms with van der Waals surface area (Å²) in [6.45, 7) is 4.17. The minimum Gasteiger partial charge on any atom is -0.493 e. The smallest absolute Gasteiger partial charge is 0.335 e. The van der Waals surface area contributed by atoms with Crippen LogP contribution < -0.4 is 9.47 Å². The van der Waals surface area contributed by atoms with Crippen LogP contribution in [-0.4, -0.2) is 38.7 Å². The lowest BCUT2D eigenvalue weighted by molar-refractivity contribution is -0.139. The third kappa shape index (κ3) is 7.11. The Balaban J connectivity index is 1.64. The third-order valence-electron chi connectivity index (χ3n) is 7.77. The Bertz CT molecular complexity index is 1750. The molecule has 1 heterocycles. The van der Waals surface area contributed by atoms with Crippen molar-refractivity contribution >= 4 is 27.8 Å². The van der Waals surface area contributed by atoms with Crippen LogP contribution in [-0.2, 0) is 26.2 Å². The lowest BCUT2D eigenvalue weighted by Crippen LogP contribution is -2.42. The van der Waals surface area contributed by atoms with E-state index in [1.165, 1.54) is 4.31 Å². The Morgan fingerprint density at radius 2 is 1.60 bits per heavy atom. The Kier molecular flexibility index (Phi) is 10.3. The zero-order valence-corrected chi connectivity index (χ0v) is 27.4. The highest BCUT2D eigenvalue weighted by molar-refractivity contribution is 7.98. The lowest BCUT2D eigenvalue weighted by Gasteiger charge is -2.41. The molecule has 0 aromatic heterocycles. The number of nitrogens with zero attached hydrogens (tertiary/aromatic N) is 1. The van der Waals surface area contributed by atoms with Crippen LogP contribution in [0.3, 0.4) is 0 Å². The second kappa shape index (κ2) is 14.4. The number of ether oxygens (including phenoxy) is 3. The number of hydrogen-bond donors (Lipinski definition) is 0. The van der Waals surface area contributed by atoms with Gasteiger partial charge in [-0.1, -0.05) is 72.3 Å². The number of carbonyl (C=O) groups excluding carboxylic acids is 1. The van der Waals surface area contributed by atoms with E-state index in [2.05, 4.69) is 0 Å².